The van der Waals surface area contributed by atoms with E-state index in [2.05, 4.69) is 34.6 Å². The summed E-state index contributed by atoms with van der Waals surface area (Å²) in [5, 5.41) is 0. The summed E-state index contributed by atoms with van der Waals surface area (Å²) < 4.78 is 38.1. The van der Waals surface area contributed by atoms with Crippen molar-refractivity contribution in [2.45, 2.75) is 515 Å². The van der Waals surface area contributed by atoms with E-state index in [1.54, 1.807) is 0 Å². The number of esters is 5. The highest BCUT2D eigenvalue weighted by atomic mass is 16.7. The van der Waals surface area contributed by atoms with Gasteiger partial charge >= 0.3 is 29.8 Å². The van der Waals surface area contributed by atoms with Gasteiger partial charge in [0.2, 0.25) is 12.4 Å². The average molecular weight is 1370 g/mol. The minimum absolute atomic E-state index is 0.122. The molecule has 5 unspecified atom stereocenters. The molecule has 1 aliphatic heterocycles. The summed E-state index contributed by atoms with van der Waals surface area (Å²) in [6.07, 6.45) is 70.5. The molecule has 0 saturated carbocycles. The molecule has 0 bridgehead atoms. The number of carbonyl (C=O) groups excluding carboxylic acids is 5. The Morgan fingerprint density at radius 1 is 0.206 bits per heavy atom. The first-order chi connectivity index (χ1) is 47.7. The Kier molecular flexibility index (Phi) is 69.6. The van der Waals surface area contributed by atoms with Crippen LogP contribution >= 0.6 is 0 Å². The van der Waals surface area contributed by atoms with Gasteiger partial charge in [-0.2, -0.15) is 0 Å². The highest BCUT2D eigenvalue weighted by Gasteiger charge is 2.54. The lowest BCUT2D eigenvalue weighted by Crippen LogP contribution is -2.63. The van der Waals surface area contributed by atoms with Crippen LogP contribution in [0.25, 0.3) is 0 Å². The monoisotopic (exact) mass is 1370 g/mol. The van der Waals surface area contributed by atoms with Gasteiger partial charge in [-0.1, -0.05) is 420 Å². The molecule has 0 spiro atoms. The van der Waals surface area contributed by atoms with E-state index in [1.165, 1.54) is 289 Å². The molecule has 1 fully saturated rings. The van der Waals surface area contributed by atoms with Gasteiger partial charge in [0.15, 0.2) is 12.2 Å². The van der Waals surface area contributed by atoms with Crippen molar-refractivity contribution in [3.63, 3.8) is 0 Å². The van der Waals surface area contributed by atoms with Gasteiger partial charge in [-0.15, -0.1) is 0 Å². The van der Waals surface area contributed by atoms with Crippen molar-refractivity contribution in [2.24, 2.45) is 0 Å². The van der Waals surface area contributed by atoms with E-state index >= 15 is 0 Å². The summed E-state index contributed by atoms with van der Waals surface area (Å²) in [6.45, 7) is 11.0. The Hall–Kier alpha value is -2.69. The zero-order chi connectivity index (χ0) is 70.2. The second kappa shape index (κ2) is 73.1. The number of rotatable bonds is 76. The second-order valence-electron chi connectivity index (χ2n) is 30.0. The fourth-order valence-electron chi connectivity index (χ4n) is 14.0. The third-order valence-electron chi connectivity index (χ3n) is 20.5. The molecule has 0 aliphatic carbocycles. The van der Waals surface area contributed by atoms with E-state index in [0.29, 0.717) is 32.1 Å². The largest absolute Gasteiger partial charge is 0.463 e. The molecule has 0 amide bonds. The molecule has 1 aliphatic rings. The number of hydrogen-bond donors (Lipinski definition) is 0. The molecule has 11 heteroatoms. The van der Waals surface area contributed by atoms with Crippen LogP contribution in [-0.2, 0) is 52.4 Å². The van der Waals surface area contributed by atoms with E-state index in [0.717, 1.165) is 96.3 Å². The first kappa shape index (κ1) is 92.3. The summed E-state index contributed by atoms with van der Waals surface area (Å²) in [7, 11) is 0. The van der Waals surface area contributed by atoms with Crippen molar-refractivity contribution >= 4 is 29.8 Å². The summed E-state index contributed by atoms with van der Waals surface area (Å²) in [6, 6.07) is 0. The van der Waals surface area contributed by atoms with Gasteiger partial charge in [-0.25, -0.2) is 0 Å². The maximum absolute atomic E-state index is 14.3. The lowest BCUT2D eigenvalue weighted by molar-refractivity contribution is -0.301. The van der Waals surface area contributed by atoms with E-state index in [1.807, 2.05) is 0 Å². The Morgan fingerprint density at radius 3 is 0.608 bits per heavy atom. The smallest absolute Gasteiger partial charge is 0.308 e. The lowest BCUT2D eigenvalue weighted by atomic mass is 9.97. The third kappa shape index (κ3) is 60.6. The number of hydrogen-bond acceptors (Lipinski definition) is 11. The van der Waals surface area contributed by atoms with Gasteiger partial charge in [0, 0.05) is 32.1 Å². The molecule has 0 N–H and O–H groups in total. The van der Waals surface area contributed by atoms with Crippen LogP contribution < -0.4 is 0 Å². The van der Waals surface area contributed by atoms with Crippen LogP contribution in [0.5, 0.6) is 0 Å². The maximum Gasteiger partial charge on any atom is 0.308 e. The average Bonchev–Trinajstić information content (AvgIpc) is 0.839. The molecule has 5 atom stereocenters. The Morgan fingerprint density at radius 2 is 0.381 bits per heavy atom. The Balaban J connectivity index is 3.38. The van der Waals surface area contributed by atoms with Gasteiger partial charge in [0.25, 0.3) is 0 Å². The first-order valence-electron chi connectivity index (χ1n) is 43.3. The molecule has 0 aromatic carbocycles. The summed E-state index contributed by atoms with van der Waals surface area (Å²) in [5.74, 6) is -2.44. The minimum Gasteiger partial charge on any atom is -0.463 e. The normalized spacial score (nSPS) is 16.2. The van der Waals surface area contributed by atoms with Crippen molar-refractivity contribution in [2.75, 3.05) is 6.61 Å². The zero-order valence-electron chi connectivity index (χ0n) is 65.1. The maximum atomic E-state index is 14.3. The molecular weight excluding hydrogens is 1210 g/mol. The fourth-order valence-corrected chi connectivity index (χ4v) is 14.0. The van der Waals surface area contributed by atoms with Crippen LogP contribution in [0, 0.1) is 0 Å². The minimum atomic E-state index is -1.50. The quantitative estimate of drug-likeness (QED) is 0.0326. The van der Waals surface area contributed by atoms with Crippen molar-refractivity contribution in [3.05, 3.63) is 0 Å². The Bertz CT molecular complexity index is 1720. The van der Waals surface area contributed by atoms with Gasteiger partial charge in [-0.3, -0.25) is 24.0 Å². The van der Waals surface area contributed by atoms with Crippen molar-refractivity contribution in [1.82, 2.24) is 0 Å². The fraction of sp³-hybridized carbons (Fsp3) is 0.942. The SMILES string of the molecule is CCCCCCCCCCCCCCCC(=O)OCC1OC(OC(=O)CCCCCCCCCCCCCCC)C(OC(=O)CCCCCCCCCCCCCCC)C(OC(=O)CCCCCCCCCCCCCCC)C1OC(=O)CCCCCCCCCCCCCCC. The van der Waals surface area contributed by atoms with Crippen molar-refractivity contribution in [3.8, 4) is 0 Å². The number of ether oxygens (including phenoxy) is 6. The van der Waals surface area contributed by atoms with Crippen molar-refractivity contribution < 1.29 is 52.4 Å². The number of carbonyl (C=O) groups is 5. The van der Waals surface area contributed by atoms with Crippen LogP contribution in [-0.4, -0.2) is 67.2 Å². The first-order valence-corrected chi connectivity index (χ1v) is 43.3. The van der Waals surface area contributed by atoms with E-state index in [9.17, 15) is 24.0 Å². The highest BCUT2D eigenvalue weighted by molar-refractivity contribution is 5.72. The predicted octanol–water partition coefficient (Wildman–Crippen LogP) is 26.9. The predicted molar refractivity (Wildman–Crippen MR) is 407 cm³/mol. The topological polar surface area (TPSA) is 141 Å². The molecule has 1 heterocycles. The van der Waals surface area contributed by atoms with E-state index < -0.39 is 60.6 Å². The molecule has 97 heavy (non-hydrogen) atoms. The standard InChI is InChI=1S/C86H162O11/c1-6-11-16-21-26-31-36-41-46-51-56-61-66-71-78(87)92-76-77-83(94-79(88)72-67-62-57-52-47-42-37-32-27-22-17-12-7-2)84(95-80(89)73-68-63-58-53-48-43-38-33-28-23-18-13-8-3)85(96-81(90)74-69-64-59-54-49-44-39-34-29-24-19-14-9-4)86(93-77)97-82(91)75-70-65-60-55-50-45-40-35-30-25-20-15-10-5/h77,83-86H,6-76H2,1-5H3. The molecule has 11 nitrogen and oxygen atoms in total. The molecule has 0 aromatic rings. The number of unbranched alkanes of at least 4 members (excludes halogenated alkanes) is 60. The molecule has 1 saturated heterocycles. The summed E-state index contributed by atoms with van der Waals surface area (Å²) >= 11 is 0. The van der Waals surface area contributed by atoms with Crippen LogP contribution in [0.3, 0.4) is 0 Å². The summed E-state index contributed by atoms with van der Waals surface area (Å²) in [5.41, 5.74) is 0. The van der Waals surface area contributed by atoms with E-state index in [-0.39, 0.29) is 38.7 Å². The van der Waals surface area contributed by atoms with Crippen LogP contribution in [0.15, 0.2) is 0 Å². The molecular formula is C86H162O11. The zero-order valence-corrected chi connectivity index (χ0v) is 65.1. The highest BCUT2D eigenvalue weighted by Crippen LogP contribution is 2.32. The summed E-state index contributed by atoms with van der Waals surface area (Å²) in [4.78, 5) is 70.4. The van der Waals surface area contributed by atoms with Gasteiger partial charge in [0.1, 0.15) is 12.7 Å². The van der Waals surface area contributed by atoms with Crippen molar-refractivity contribution in [1.29, 1.82) is 0 Å². The van der Waals surface area contributed by atoms with Gasteiger partial charge in [-0.05, 0) is 32.1 Å². The molecule has 1 rings (SSSR count). The van der Waals surface area contributed by atoms with E-state index in [4.69, 9.17) is 28.4 Å². The Labute approximate surface area is 600 Å². The second-order valence-corrected chi connectivity index (χ2v) is 30.0. The molecule has 572 valence electrons. The van der Waals surface area contributed by atoms with Crippen LogP contribution in [0.1, 0.15) is 484 Å². The van der Waals surface area contributed by atoms with Crippen LogP contribution in [0.2, 0.25) is 0 Å². The van der Waals surface area contributed by atoms with Gasteiger partial charge < -0.3 is 28.4 Å². The van der Waals surface area contributed by atoms with Crippen LogP contribution in [0.4, 0.5) is 0 Å². The molecule has 0 radical (unpaired) electrons. The third-order valence-corrected chi connectivity index (χ3v) is 20.5. The lowest BCUT2D eigenvalue weighted by Gasteiger charge is -2.44. The van der Waals surface area contributed by atoms with Gasteiger partial charge in [0.05, 0.1) is 0 Å². The molecule has 0 aromatic heterocycles.